The molecule has 1 amide bonds. The molecule has 24 heavy (non-hydrogen) atoms. The van der Waals surface area contributed by atoms with E-state index in [-0.39, 0.29) is 24.0 Å². The van der Waals surface area contributed by atoms with Crippen LogP contribution in [0, 0.1) is 10.1 Å². The maximum absolute atomic E-state index is 11.7. The fraction of sp³-hybridized carbons (Fsp3) is 0.500. The van der Waals surface area contributed by atoms with E-state index >= 15 is 0 Å². The van der Waals surface area contributed by atoms with Crippen LogP contribution in [-0.4, -0.2) is 23.8 Å². The molecular weight excluding hydrogens is 314 g/mol. The summed E-state index contributed by atoms with van der Waals surface area (Å²) in [5, 5.41) is 14.9. The van der Waals surface area contributed by atoms with E-state index in [1.54, 1.807) is 0 Å². The van der Waals surface area contributed by atoms with Crippen LogP contribution in [0.1, 0.15) is 51.0 Å². The molecule has 0 fully saturated rings. The van der Waals surface area contributed by atoms with Gasteiger partial charge in [-0.3, -0.25) is 14.9 Å². The summed E-state index contributed by atoms with van der Waals surface area (Å²) in [6, 6.07) is 2.76. The summed E-state index contributed by atoms with van der Waals surface area (Å²) in [6.45, 7) is 2.17. The minimum absolute atomic E-state index is 0.0296. The summed E-state index contributed by atoms with van der Waals surface area (Å²) in [4.78, 5) is 22.2. The second-order valence-corrected chi connectivity index (χ2v) is 5.48. The Hall–Kier alpha value is -2.64. The smallest absolute Gasteiger partial charge is 0.282 e. The third-order valence-corrected chi connectivity index (χ3v) is 3.62. The van der Waals surface area contributed by atoms with Crippen LogP contribution in [0.4, 0.5) is 5.69 Å². The Morgan fingerprint density at radius 1 is 1.29 bits per heavy atom. The highest BCUT2D eigenvalue weighted by Gasteiger charge is 2.22. The largest absolute Gasteiger partial charge is 0.454 e. The van der Waals surface area contributed by atoms with Gasteiger partial charge in [-0.2, -0.15) is 5.10 Å². The maximum atomic E-state index is 11.7. The number of benzene rings is 1. The zero-order chi connectivity index (χ0) is 17.4. The molecule has 0 bridgehead atoms. The fourth-order valence-corrected chi connectivity index (χ4v) is 2.33. The second-order valence-electron chi connectivity index (χ2n) is 5.48. The topological polar surface area (TPSA) is 103 Å². The molecule has 0 saturated carbocycles. The number of hydrazone groups is 1. The van der Waals surface area contributed by atoms with Crippen LogP contribution in [0.15, 0.2) is 17.2 Å². The van der Waals surface area contributed by atoms with E-state index < -0.39 is 4.92 Å². The van der Waals surface area contributed by atoms with Crippen LogP contribution >= 0.6 is 0 Å². The molecule has 8 heteroatoms. The Morgan fingerprint density at radius 2 is 2.00 bits per heavy atom. The van der Waals surface area contributed by atoms with Crippen LogP contribution in [0.25, 0.3) is 0 Å². The summed E-state index contributed by atoms with van der Waals surface area (Å²) >= 11 is 0. The van der Waals surface area contributed by atoms with Crippen LogP contribution in [0.3, 0.4) is 0 Å². The number of rotatable bonds is 9. The number of fused-ring (bicyclic) bond motifs is 1. The van der Waals surface area contributed by atoms with Gasteiger partial charge in [-0.15, -0.1) is 0 Å². The highest BCUT2D eigenvalue weighted by molar-refractivity contribution is 5.88. The number of carbonyl (C=O) groups excluding carboxylic acids is 1. The number of hydrogen-bond donors (Lipinski definition) is 1. The van der Waals surface area contributed by atoms with Crippen LogP contribution in [0.5, 0.6) is 11.5 Å². The van der Waals surface area contributed by atoms with Gasteiger partial charge in [0.15, 0.2) is 11.5 Å². The van der Waals surface area contributed by atoms with Gasteiger partial charge in [0.25, 0.3) is 5.69 Å². The quantitative estimate of drug-likeness (QED) is 0.323. The first-order valence-electron chi connectivity index (χ1n) is 8.01. The number of unbranched alkanes of at least 4 members (excludes halogenated alkanes) is 4. The summed E-state index contributed by atoms with van der Waals surface area (Å²) in [7, 11) is 0. The molecule has 1 aliphatic heterocycles. The molecule has 0 aliphatic carbocycles. The van der Waals surface area contributed by atoms with Crippen molar-refractivity contribution in [3.8, 4) is 11.5 Å². The predicted molar refractivity (Wildman–Crippen MR) is 88.3 cm³/mol. The zero-order valence-corrected chi connectivity index (χ0v) is 13.6. The van der Waals surface area contributed by atoms with Crippen molar-refractivity contribution < 1.29 is 19.2 Å². The van der Waals surface area contributed by atoms with Crippen molar-refractivity contribution in [1.82, 2.24) is 5.43 Å². The van der Waals surface area contributed by atoms with E-state index in [9.17, 15) is 14.9 Å². The molecule has 1 N–H and O–H groups in total. The number of nitrogens with zero attached hydrogens (tertiary/aromatic N) is 2. The molecule has 0 unspecified atom stereocenters. The number of carbonyl (C=O) groups is 1. The van der Waals surface area contributed by atoms with Gasteiger partial charge >= 0.3 is 0 Å². The molecule has 2 rings (SSSR count). The van der Waals surface area contributed by atoms with Crippen molar-refractivity contribution in [2.75, 3.05) is 6.79 Å². The normalized spacial score (nSPS) is 12.5. The molecule has 0 radical (unpaired) electrons. The van der Waals surface area contributed by atoms with Crippen molar-refractivity contribution >= 4 is 17.8 Å². The van der Waals surface area contributed by atoms with Crippen LogP contribution in [0.2, 0.25) is 0 Å². The standard InChI is InChI=1S/C16H21N3O5/c1-2-3-4-5-6-7-16(20)18-17-10-12-8-14-15(24-11-23-14)9-13(12)19(21)22/h8-10H,2-7,11H2,1H3,(H,18,20)/b17-10+. The fourth-order valence-electron chi connectivity index (χ4n) is 2.33. The van der Waals surface area contributed by atoms with Gasteiger partial charge in [0, 0.05) is 6.42 Å². The highest BCUT2D eigenvalue weighted by Crippen LogP contribution is 2.37. The van der Waals surface area contributed by atoms with Gasteiger partial charge < -0.3 is 9.47 Å². The maximum Gasteiger partial charge on any atom is 0.282 e. The lowest BCUT2D eigenvalue weighted by molar-refractivity contribution is -0.385. The molecule has 130 valence electrons. The molecule has 0 spiro atoms. The lowest BCUT2D eigenvalue weighted by atomic mass is 10.1. The van der Waals surface area contributed by atoms with E-state index in [0.717, 1.165) is 25.7 Å². The molecule has 0 aromatic heterocycles. The zero-order valence-electron chi connectivity index (χ0n) is 13.6. The first-order chi connectivity index (χ1) is 11.6. The van der Waals surface area contributed by atoms with Gasteiger partial charge in [-0.1, -0.05) is 32.6 Å². The van der Waals surface area contributed by atoms with Crippen LogP contribution < -0.4 is 14.9 Å². The number of ether oxygens (including phenoxy) is 2. The molecule has 1 aromatic carbocycles. The Bertz CT molecular complexity index is 630. The molecule has 1 heterocycles. The number of nitro groups is 1. The predicted octanol–water partition coefficient (Wildman–Crippen LogP) is 3.13. The van der Waals surface area contributed by atoms with E-state index in [2.05, 4.69) is 17.5 Å². The first-order valence-corrected chi connectivity index (χ1v) is 8.01. The number of amides is 1. The Kier molecular flexibility index (Phi) is 6.53. The summed E-state index contributed by atoms with van der Waals surface area (Å²) < 4.78 is 10.3. The first kappa shape index (κ1) is 17.7. The van der Waals surface area contributed by atoms with Crippen molar-refractivity contribution in [2.45, 2.75) is 45.4 Å². The molecule has 1 aromatic rings. The monoisotopic (exact) mass is 335 g/mol. The Morgan fingerprint density at radius 3 is 2.71 bits per heavy atom. The minimum atomic E-state index is -0.529. The molecule has 0 saturated heterocycles. The second kappa shape index (κ2) is 8.85. The molecule has 0 atom stereocenters. The summed E-state index contributed by atoms with van der Waals surface area (Å²) in [6.07, 6.45) is 6.91. The average molecular weight is 335 g/mol. The van der Waals surface area contributed by atoms with E-state index in [1.807, 2.05) is 0 Å². The Balaban J connectivity index is 1.89. The van der Waals surface area contributed by atoms with Gasteiger partial charge in [-0.25, -0.2) is 5.43 Å². The number of nitro benzene ring substituents is 1. The highest BCUT2D eigenvalue weighted by atomic mass is 16.7. The van der Waals surface area contributed by atoms with Gasteiger partial charge in [0.1, 0.15) is 0 Å². The number of hydrogen-bond acceptors (Lipinski definition) is 6. The molecular formula is C16H21N3O5. The lowest BCUT2D eigenvalue weighted by Gasteiger charge is -2.02. The minimum Gasteiger partial charge on any atom is -0.454 e. The Labute approximate surface area is 140 Å². The summed E-state index contributed by atoms with van der Waals surface area (Å²) in [5.41, 5.74) is 2.48. The third-order valence-electron chi connectivity index (χ3n) is 3.62. The summed E-state index contributed by atoms with van der Waals surface area (Å²) in [5.74, 6) is 0.547. The van der Waals surface area contributed by atoms with Crippen LogP contribution in [-0.2, 0) is 4.79 Å². The van der Waals surface area contributed by atoms with Crippen molar-refractivity contribution in [3.05, 3.63) is 27.8 Å². The third kappa shape index (κ3) is 4.94. The van der Waals surface area contributed by atoms with Crippen molar-refractivity contribution in [2.24, 2.45) is 5.10 Å². The van der Waals surface area contributed by atoms with E-state index in [0.29, 0.717) is 17.9 Å². The van der Waals surface area contributed by atoms with Gasteiger partial charge in [-0.05, 0) is 12.5 Å². The van der Waals surface area contributed by atoms with E-state index in [4.69, 9.17) is 9.47 Å². The molecule has 1 aliphatic rings. The van der Waals surface area contributed by atoms with Gasteiger partial charge in [0.05, 0.1) is 22.8 Å². The average Bonchev–Trinajstić information content (AvgIpc) is 3.01. The van der Waals surface area contributed by atoms with Gasteiger partial charge in [0.2, 0.25) is 12.7 Å². The van der Waals surface area contributed by atoms with Crippen molar-refractivity contribution in [3.63, 3.8) is 0 Å². The molecule has 8 nitrogen and oxygen atoms in total. The van der Waals surface area contributed by atoms with E-state index in [1.165, 1.54) is 24.8 Å². The SMILES string of the molecule is CCCCCCCC(=O)N/N=C/c1cc2c(cc1[N+](=O)[O-])OCO2. The van der Waals surface area contributed by atoms with Crippen molar-refractivity contribution in [1.29, 1.82) is 0 Å². The lowest BCUT2D eigenvalue weighted by Crippen LogP contribution is -2.17. The number of nitrogens with one attached hydrogen (secondary N) is 1.